The Morgan fingerprint density at radius 1 is 1.33 bits per heavy atom. The van der Waals surface area contributed by atoms with Crippen molar-refractivity contribution in [1.29, 1.82) is 0 Å². The predicted molar refractivity (Wildman–Crippen MR) is 36.6 cm³/mol. The number of hydrogen-bond acceptors (Lipinski definition) is 3. The van der Waals surface area contributed by atoms with E-state index in [2.05, 4.69) is 0 Å². The number of hydrogen-bond donors (Lipinski definition) is 3. The summed E-state index contributed by atoms with van der Waals surface area (Å²) in [6.45, 7) is -0.181. The molecule has 0 aliphatic carbocycles. The minimum atomic E-state index is -1.06. The van der Waals surface area contributed by atoms with Crippen molar-refractivity contribution in [3.05, 3.63) is 29.3 Å². The van der Waals surface area contributed by atoms with E-state index in [1.165, 1.54) is 0 Å². The molecule has 0 atom stereocenters. The average molecular weight is 175 g/mol. The molecule has 3 nitrogen and oxygen atoms in total. The fourth-order valence-corrected chi connectivity index (χ4v) is 0.804. The first-order chi connectivity index (χ1) is 5.66. The Hall–Kier alpha value is -1.20. The first kappa shape index (κ1) is 8.89. The second kappa shape index (κ2) is 3.46. The van der Waals surface area contributed by atoms with Crippen LogP contribution in [-0.2, 0) is 6.54 Å². The highest BCUT2D eigenvalue weighted by Gasteiger charge is 2.11. The Labute approximate surface area is 67.2 Å². The maximum Gasteiger partial charge on any atom is 0.188 e. The molecule has 0 fully saturated rings. The number of hydroxylamine groups is 1. The summed E-state index contributed by atoms with van der Waals surface area (Å²) in [7, 11) is 0. The quantitative estimate of drug-likeness (QED) is 0.591. The third-order valence-corrected chi connectivity index (χ3v) is 1.42. The van der Waals surface area contributed by atoms with Crippen LogP contribution in [-0.4, -0.2) is 10.3 Å². The van der Waals surface area contributed by atoms with Crippen molar-refractivity contribution in [2.45, 2.75) is 6.54 Å². The Kier molecular flexibility index (Phi) is 2.57. The summed E-state index contributed by atoms with van der Waals surface area (Å²) in [5.74, 6) is -3.10. The van der Waals surface area contributed by atoms with E-state index in [0.29, 0.717) is 0 Å². The molecule has 0 spiro atoms. The molecular formula is C7H7F2NO2. The molecule has 3 N–H and O–H groups in total. The second-order valence-electron chi connectivity index (χ2n) is 2.20. The zero-order chi connectivity index (χ0) is 9.14. The fourth-order valence-electron chi connectivity index (χ4n) is 0.804. The summed E-state index contributed by atoms with van der Waals surface area (Å²) in [4.78, 5) is 0. The second-order valence-corrected chi connectivity index (χ2v) is 2.20. The average Bonchev–Trinajstić information content (AvgIpc) is 2.07. The minimum absolute atomic E-state index is 0.00333. The van der Waals surface area contributed by atoms with Gasteiger partial charge in [0.2, 0.25) is 0 Å². The summed E-state index contributed by atoms with van der Waals surface area (Å²) in [5, 5.41) is 17.0. The molecule has 0 unspecified atom stereocenters. The molecular weight excluding hydrogens is 168 g/mol. The van der Waals surface area contributed by atoms with Crippen LogP contribution in [0, 0.1) is 11.6 Å². The zero-order valence-electron chi connectivity index (χ0n) is 6.01. The maximum atomic E-state index is 12.8. The molecule has 0 saturated carbocycles. The number of phenolic OH excluding ortho intramolecular Hbond substituents is 1. The number of halogens is 2. The third-order valence-electron chi connectivity index (χ3n) is 1.42. The molecule has 0 heterocycles. The normalized spacial score (nSPS) is 10.2. The van der Waals surface area contributed by atoms with Gasteiger partial charge in [-0.15, -0.1) is 0 Å². The predicted octanol–water partition coefficient (Wildman–Crippen LogP) is 1.15. The van der Waals surface area contributed by atoms with Crippen molar-refractivity contribution < 1.29 is 19.1 Å². The number of benzene rings is 1. The Balaban J connectivity index is 3.08. The molecule has 0 radical (unpaired) electrons. The van der Waals surface area contributed by atoms with Gasteiger partial charge in [-0.3, -0.25) is 0 Å². The van der Waals surface area contributed by atoms with Crippen LogP contribution >= 0.6 is 0 Å². The van der Waals surface area contributed by atoms with Crippen LogP contribution in [0.3, 0.4) is 0 Å². The van der Waals surface area contributed by atoms with E-state index in [1.807, 2.05) is 0 Å². The Morgan fingerprint density at radius 2 is 2.00 bits per heavy atom. The molecule has 0 aromatic heterocycles. The molecule has 66 valence electrons. The van der Waals surface area contributed by atoms with Crippen LogP contribution in [0.2, 0.25) is 0 Å². The van der Waals surface area contributed by atoms with Gasteiger partial charge in [0.15, 0.2) is 17.4 Å². The van der Waals surface area contributed by atoms with E-state index >= 15 is 0 Å². The van der Waals surface area contributed by atoms with E-state index < -0.39 is 17.4 Å². The summed E-state index contributed by atoms with van der Waals surface area (Å²) in [6.07, 6.45) is 0. The van der Waals surface area contributed by atoms with Gasteiger partial charge >= 0.3 is 0 Å². The smallest absolute Gasteiger partial charge is 0.188 e. The summed E-state index contributed by atoms with van der Waals surface area (Å²) in [5.41, 5.74) is 1.69. The molecule has 0 saturated heterocycles. The summed E-state index contributed by atoms with van der Waals surface area (Å²) >= 11 is 0. The minimum Gasteiger partial charge on any atom is -0.503 e. The zero-order valence-corrected chi connectivity index (χ0v) is 6.01. The Morgan fingerprint density at radius 3 is 2.58 bits per heavy atom. The monoisotopic (exact) mass is 175 g/mol. The Bertz CT molecular complexity index is 291. The molecule has 1 aromatic rings. The van der Waals surface area contributed by atoms with E-state index in [-0.39, 0.29) is 12.1 Å². The highest BCUT2D eigenvalue weighted by atomic mass is 19.1. The third kappa shape index (κ3) is 1.51. The summed E-state index contributed by atoms with van der Waals surface area (Å²) < 4.78 is 25.2. The van der Waals surface area contributed by atoms with Crippen LogP contribution in [0.15, 0.2) is 12.1 Å². The van der Waals surface area contributed by atoms with Crippen molar-refractivity contribution >= 4 is 0 Å². The van der Waals surface area contributed by atoms with Crippen molar-refractivity contribution in [2.24, 2.45) is 0 Å². The fraction of sp³-hybridized carbons (Fsp3) is 0.143. The first-order valence-electron chi connectivity index (χ1n) is 3.19. The van der Waals surface area contributed by atoms with Gasteiger partial charge in [0.1, 0.15) is 0 Å². The van der Waals surface area contributed by atoms with Gasteiger partial charge in [0, 0.05) is 12.1 Å². The molecule has 1 rings (SSSR count). The molecule has 0 bridgehead atoms. The highest BCUT2D eigenvalue weighted by Crippen LogP contribution is 2.22. The lowest BCUT2D eigenvalue weighted by molar-refractivity contribution is 0.159. The molecule has 0 aliphatic rings. The van der Waals surface area contributed by atoms with E-state index in [4.69, 9.17) is 10.3 Å². The lowest BCUT2D eigenvalue weighted by Crippen LogP contribution is -2.08. The topological polar surface area (TPSA) is 52.5 Å². The van der Waals surface area contributed by atoms with Gasteiger partial charge < -0.3 is 10.3 Å². The molecule has 0 amide bonds. The van der Waals surface area contributed by atoms with Gasteiger partial charge in [-0.25, -0.2) is 14.3 Å². The van der Waals surface area contributed by atoms with Gasteiger partial charge in [-0.2, -0.15) is 0 Å². The lowest BCUT2D eigenvalue weighted by atomic mass is 10.2. The standard InChI is InChI=1S/C7H7F2NO2/c8-5-2-1-4(3-10-12)6(9)7(5)11/h1-2,10-12H,3H2. The van der Waals surface area contributed by atoms with Gasteiger partial charge in [0.25, 0.3) is 0 Å². The SMILES string of the molecule is ONCc1ccc(F)c(O)c1F. The number of nitrogens with one attached hydrogen (secondary N) is 1. The van der Waals surface area contributed by atoms with Gasteiger partial charge in [0.05, 0.1) is 0 Å². The van der Waals surface area contributed by atoms with Crippen LogP contribution in [0.25, 0.3) is 0 Å². The lowest BCUT2D eigenvalue weighted by Gasteiger charge is -2.03. The van der Waals surface area contributed by atoms with Crippen molar-refractivity contribution in [1.82, 2.24) is 5.48 Å². The van der Waals surface area contributed by atoms with Crippen molar-refractivity contribution in [3.63, 3.8) is 0 Å². The van der Waals surface area contributed by atoms with Crippen LogP contribution < -0.4 is 5.48 Å². The van der Waals surface area contributed by atoms with Crippen LogP contribution in [0.4, 0.5) is 8.78 Å². The number of phenols is 1. The van der Waals surface area contributed by atoms with Crippen LogP contribution in [0.5, 0.6) is 5.75 Å². The van der Waals surface area contributed by atoms with E-state index in [0.717, 1.165) is 12.1 Å². The van der Waals surface area contributed by atoms with Crippen molar-refractivity contribution in [3.8, 4) is 5.75 Å². The highest BCUT2D eigenvalue weighted by molar-refractivity contribution is 5.31. The number of rotatable bonds is 2. The summed E-state index contributed by atoms with van der Waals surface area (Å²) in [6, 6.07) is 2.05. The number of aromatic hydroxyl groups is 1. The largest absolute Gasteiger partial charge is 0.503 e. The maximum absolute atomic E-state index is 12.8. The van der Waals surface area contributed by atoms with E-state index in [9.17, 15) is 8.78 Å². The molecule has 0 aliphatic heterocycles. The molecule has 5 heteroatoms. The first-order valence-corrected chi connectivity index (χ1v) is 3.19. The van der Waals surface area contributed by atoms with E-state index in [1.54, 1.807) is 5.48 Å². The van der Waals surface area contributed by atoms with Crippen LogP contribution in [0.1, 0.15) is 5.56 Å². The van der Waals surface area contributed by atoms with Crippen molar-refractivity contribution in [2.75, 3.05) is 0 Å². The van der Waals surface area contributed by atoms with Gasteiger partial charge in [-0.1, -0.05) is 6.07 Å². The molecule has 1 aromatic carbocycles. The van der Waals surface area contributed by atoms with Gasteiger partial charge in [-0.05, 0) is 6.07 Å². The molecule has 12 heavy (non-hydrogen) atoms.